The Morgan fingerprint density at radius 2 is 1.88 bits per heavy atom. The van der Waals surface area contributed by atoms with Crippen molar-refractivity contribution in [2.24, 2.45) is 0 Å². The van der Waals surface area contributed by atoms with Crippen LogP contribution >= 0.6 is 15.9 Å². The summed E-state index contributed by atoms with van der Waals surface area (Å²) < 4.78 is 15.3. The SMILES string of the molecule is Fc1ccc(-c2nc3cccnn3c2Br)cc1. The standard InChI is InChI=1S/C12H7BrFN3/c13-12-11(8-3-5-9(14)6-4-8)16-10-2-1-7-15-17(10)12/h1-7H. The lowest BCUT2D eigenvalue weighted by molar-refractivity contribution is 0.628. The number of hydrogen-bond acceptors (Lipinski definition) is 2. The van der Waals surface area contributed by atoms with Crippen molar-refractivity contribution in [2.45, 2.75) is 0 Å². The summed E-state index contributed by atoms with van der Waals surface area (Å²) in [6, 6.07) is 9.91. The van der Waals surface area contributed by atoms with Crippen LogP contribution in [0.15, 0.2) is 47.2 Å². The first kappa shape index (κ1) is 10.4. The number of benzene rings is 1. The van der Waals surface area contributed by atoms with Gasteiger partial charge in [-0.2, -0.15) is 5.10 Å². The van der Waals surface area contributed by atoms with Crippen molar-refractivity contribution in [2.75, 3.05) is 0 Å². The normalized spacial score (nSPS) is 10.9. The zero-order valence-corrected chi connectivity index (χ0v) is 10.2. The van der Waals surface area contributed by atoms with E-state index < -0.39 is 0 Å². The minimum Gasteiger partial charge on any atom is -0.226 e. The number of fused-ring (bicyclic) bond motifs is 1. The molecule has 3 aromatic rings. The highest BCUT2D eigenvalue weighted by atomic mass is 79.9. The maximum Gasteiger partial charge on any atom is 0.155 e. The van der Waals surface area contributed by atoms with Crippen LogP contribution in [-0.2, 0) is 0 Å². The molecule has 0 amide bonds. The fourth-order valence-corrected chi connectivity index (χ4v) is 2.24. The fourth-order valence-electron chi connectivity index (χ4n) is 1.65. The molecule has 3 rings (SSSR count). The van der Waals surface area contributed by atoms with Gasteiger partial charge < -0.3 is 0 Å². The molecule has 0 aliphatic rings. The van der Waals surface area contributed by atoms with E-state index >= 15 is 0 Å². The van der Waals surface area contributed by atoms with Gasteiger partial charge in [-0.1, -0.05) is 0 Å². The third kappa shape index (κ3) is 1.72. The first-order valence-corrected chi connectivity index (χ1v) is 5.80. The number of hydrogen-bond donors (Lipinski definition) is 0. The van der Waals surface area contributed by atoms with Crippen LogP contribution in [0.5, 0.6) is 0 Å². The minimum absolute atomic E-state index is 0.258. The lowest BCUT2D eigenvalue weighted by Gasteiger charge is -1.97. The molecule has 17 heavy (non-hydrogen) atoms. The Bertz CT molecular complexity index is 676. The predicted octanol–water partition coefficient (Wildman–Crippen LogP) is 3.30. The summed E-state index contributed by atoms with van der Waals surface area (Å²) >= 11 is 3.45. The predicted molar refractivity (Wildman–Crippen MR) is 66.1 cm³/mol. The van der Waals surface area contributed by atoms with Crippen LogP contribution in [0.2, 0.25) is 0 Å². The molecule has 0 unspecified atom stereocenters. The Hall–Kier alpha value is -1.75. The monoisotopic (exact) mass is 291 g/mol. The molecule has 0 spiro atoms. The van der Waals surface area contributed by atoms with E-state index in [0.717, 1.165) is 21.5 Å². The van der Waals surface area contributed by atoms with Crippen molar-refractivity contribution in [3.63, 3.8) is 0 Å². The van der Waals surface area contributed by atoms with Gasteiger partial charge in [0.05, 0.1) is 0 Å². The maximum atomic E-state index is 12.9. The molecular formula is C12H7BrFN3. The smallest absolute Gasteiger partial charge is 0.155 e. The van der Waals surface area contributed by atoms with E-state index in [-0.39, 0.29) is 5.82 Å². The van der Waals surface area contributed by atoms with Gasteiger partial charge in [0.15, 0.2) is 5.65 Å². The molecule has 0 aliphatic heterocycles. The second-order valence-corrected chi connectivity index (χ2v) is 4.30. The van der Waals surface area contributed by atoms with Crippen LogP contribution in [0.1, 0.15) is 0 Å². The lowest BCUT2D eigenvalue weighted by Crippen LogP contribution is -1.88. The van der Waals surface area contributed by atoms with E-state index in [2.05, 4.69) is 26.0 Å². The highest BCUT2D eigenvalue weighted by Gasteiger charge is 2.11. The van der Waals surface area contributed by atoms with Crippen molar-refractivity contribution in [3.8, 4) is 11.3 Å². The third-order valence-corrected chi connectivity index (χ3v) is 3.17. The second-order valence-electron chi connectivity index (χ2n) is 3.55. The largest absolute Gasteiger partial charge is 0.226 e. The molecule has 0 saturated heterocycles. The van der Waals surface area contributed by atoms with Crippen LogP contribution in [0, 0.1) is 5.82 Å². The van der Waals surface area contributed by atoms with Gasteiger partial charge in [-0.15, -0.1) is 0 Å². The van der Waals surface area contributed by atoms with E-state index in [9.17, 15) is 4.39 Å². The molecule has 0 bridgehead atoms. The summed E-state index contributed by atoms with van der Waals surface area (Å²) in [4.78, 5) is 4.44. The number of imidazole rings is 1. The number of halogens is 2. The van der Waals surface area contributed by atoms with Crippen molar-refractivity contribution >= 4 is 21.6 Å². The molecular weight excluding hydrogens is 285 g/mol. The Morgan fingerprint density at radius 3 is 2.59 bits per heavy atom. The Labute approximate surface area is 105 Å². The van der Waals surface area contributed by atoms with E-state index in [1.807, 2.05) is 12.1 Å². The van der Waals surface area contributed by atoms with Gasteiger partial charge in [-0.25, -0.2) is 13.9 Å². The highest BCUT2D eigenvalue weighted by Crippen LogP contribution is 2.27. The van der Waals surface area contributed by atoms with Gasteiger partial charge >= 0.3 is 0 Å². The lowest BCUT2D eigenvalue weighted by atomic mass is 10.2. The molecule has 0 saturated carbocycles. The number of aromatic nitrogens is 3. The average molecular weight is 292 g/mol. The Balaban J connectivity index is 2.24. The number of nitrogens with zero attached hydrogens (tertiary/aromatic N) is 3. The zero-order chi connectivity index (χ0) is 11.8. The van der Waals surface area contributed by atoms with Crippen molar-refractivity contribution in [1.29, 1.82) is 0 Å². The molecule has 5 heteroatoms. The molecule has 0 aliphatic carbocycles. The van der Waals surface area contributed by atoms with E-state index in [1.54, 1.807) is 22.8 Å². The molecule has 0 N–H and O–H groups in total. The van der Waals surface area contributed by atoms with Gasteiger partial charge in [0.1, 0.15) is 16.1 Å². The highest BCUT2D eigenvalue weighted by molar-refractivity contribution is 9.10. The maximum absolute atomic E-state index is 12.9. The summed E-state index contributed by atoms with van der Waals surface area (Å²) in [6.07, 6.45) is 1.69. The summed E-state index contributed by atoms with van der Waals surface area (Å²) in [5.74, 6) is -0.258. The van der Waals surface area contributed by atoms with Crippen LogP contribution in [0.4, 0.5) is 4.39 Å². The summed E-state index contributed by atoms with van der Waals surface area (Å²) in [6.45, 7) is 0. The van der Waals surface area contributed by atoms with E-state index in [0.29, 0.717) is 0 Å². The van der Waals surface area contributed by atoms with Crippen molar-refractivity contribution < 1.29 is 4.39 Å². The molecule has 2 aromatic heterocycles. The van der Waals surface area contributed by atoms with Crippen LogP contribution in [0.3, 0.4) is 0 Å². The minimum atomic E-state index is -0.258. The van der Waals surface area contributed by atoms with Gasteiger partial charge in [0.25, 0.3) is 0 Å². The van der Waals surface area contributed by atoms with Crippen LogP contribution in [-0.4, -0.2) is 14.6 Å². The van der Waals surface area contributed by atoms with Crippen molar-refractivity contribution in [1.82, 2.24) is 14.6 Å². The molecule has 2 heterocycles. The molecule has 0 radical (unpaired) electrons. The van der Waals surface area contributed by atoms with Gasteiger partial charge in [-0.3, -0.25) is 0 Å². The Kier molecular flexibility index (Phi) is 2.40. The van der Waals surface area contributed by atoms with E-state index in [1.165, 1.54) is 12.1 Å². The second kappa shape index (κ2) is 3.92. The third-order valence-electron chi connectivity index (χ3n) is 2.46. The van der Waals surface area contributed by atoms with E-state index in [4.69, 9.17) is 0 Å². The molecule has 84 valence electrons. The van der Waals surface area contributed by atoms with Crippen LogP contribution in [0.25, 0.3) is 16.9 Å². The Morgan fingerprint density at radius 1 is 1.12 bits per heavy atom. The molecule has 3 nitrogen and oxygen atoms in total. The van der Waals surface area contributed by atoms with Gasteiger partial charge in [0, 0.05) is 11.8 Å². The summed E-state index contributed by atoms with van der Waals surface area (Å²) in [5, 5.41) is 4.18. The van der Waals surface area contributed by atoms with Gasteiger partial charge in [0.2, 0.25) is 0 Å². The number of rotatable bonds is 1. The average Bonchev–Trinajstić information content (AvgIpc) is 2.69. The summed E-state index contributed by atoms with van der Waals surface area (Å²) in [5.41, 5.74) is 2.35. The van der Waals surface area contributed by atoms with Gasteiger partial charge in [-0.05, 0) is 52.3 Å². The zero-order valence-electron chi connectivity index (χ0n) is 8.64. The molecule has 0 atom stereocenters. The topological polar surface area (TPSA) is 30.2 Å². The first-order chi connectivity index (χ1) is 8.25. The van der Waals surface area contributed by atoms with Crippen molar-refractivity contribution in [3.05, 3.63) is 53.0 Å². The molecule has 0 fully saturated rings. The fraction of sp³-hybridized carbons (Fsp3) is 0. The summed E-state index contributed by atoms with van der Waals surface area (Å²) in [7, 11) is 0. The molecule has 1 aromatic carbocycles. The van der Waals surface area contributed by atoms with Crippen LogP contribution < -0.4 is 0 Å². The quantitative estimate of drug-likeness (QED) is 0.689. The first-order valence-electron chi connectivity index (χ1n) is 5.01.